The van der Waals surface area contributed by atoms with Crippen molar-refractivity contribution in [1.29, 1.82) is 0 Å². The molecule has 2 rings (SSSR count). The number of halogens is 1. The number of nitrogens with one attached hydrogen (secondary N) is 2. The highest BCUT2D eigenvalue weighted by atomic mass is 35.5. The molecule has 110 valence electrons. The molecular weight excluding hydrogens is 288 g/mol. The number of hydrogen-bond acceptors (Lipinski definition) is 2. The van der Waals surface area contributed by atoms with E-state index in [-0.39, 0.29) is 11.8 Å². The lowest BCUT2D eigenvalue weighted by Crippen LogP contribution is -2.30. The van der Waals surface area contributed by atoms with Crippen LogP contribution < -0.4 is 10.6 Å². The fourth-order valence-electron chi connectivity index (χ4n) is 1.93. The minimum atomic E-state index is -0.351. The zero-order chi connectivity index (χ0) is 15.2. The first-order valence-electron chi connectivity index (χ1n) is 6.63. The van der Waals surface area contributed by atoms with Crippen LogP contribution in [0.3, 0.4) is 0 Å². The number of aromatic hydroxyl groups is 1. The van der Waals surface area contributed by atoms with Gasteiger partial charge in [-0.25, -0.2) is 4.79 Å². The monoisotopic (exact) mass is 304 g/mol. The molecule has 0 fully saturated rings. The minimum absolute atomic E-state index is 0.0555. The van der Waals surface area contributed by atoms with E-state index in [4.69, 9.17) is 11.6 Å². The number of benzene rings is 2. The van der Waals surface area contributed by atoms with Crippen LogP contribution in [-0.4, -0.2) is 17.7 Å². The van der Waals surface area contributed by atoms with E-state index in [2.05, 4.69) is 10.6 Å². The van der Waals surface area contributed by atoms with E-state index < -0.39 is 0 Å². The van der Waals surface area contributed by atoms with Crippen LogP contribution in [0, 0.1) is 6.92 Å². The molecule has 4 nitrogen and oxygen atoms in total. The van der Waals surface area contributed by atoms with Crippen LogP contribution in [0.5, 0.6) is 5.75 Å². The zero-order valence-corrected chi connectivity index (χ0v) is 12.4. The summed E-state index contributed by atoms with van der Waals surface area (Å²) in [6, 6.07) is 12.2. The summed E-state index contributed by atoms with van der Waals surface area (Å²) in [4.78, 5) is 11.7. The van der Waals surface area contributed by atoms with Gasteiger partial charge < -0.3 is 15.7 Å². The van der Waals surface area contributed by atoms with Crippen molar-refractivity contribution in [2.45, 2.75) is 13.3 Å². The SMILES string of the molecule is Cc1ccc(NC(=O)NCCc2cccc(Cl)c2)c(O)c1. The van der Waals surface area contributed by atoms with Crippen molar-refractivity contribution < 1.29 is 9.90 Å². The quantitative estimate of drug-likeness (QED) is 0.754. The predicted molar refractivity (Wildman–Crippen MR) is 85.0 cm³/mol. The number of aryl methyl sites for hydroxylation is 1. The standard InChI is InChI=1S/C16H17ClN2O2/c1-11-5-6-14(15(20)9-11)19-16(21)18-8-7-12-3-2-4-13(17)10-12/h2-6,9-10,20H,7-8H2,1H3,(H2,18,19,21). The lowest BCUT2D eigenvalue weighted by molar-refractivity contribution is 0.252. The molecule has 2 aromatic rings. The Morgan fingerprint density at radius 2 is 2.05 bits per heavy atom. The number of hydrogen-bond donors (Lipinski definition) is 3. The molecule has 0 radical (unpaired) electrons. The number of amides is 2. The molecule has 0 aliphatic heterocycles. The van der Waals surface area contributed by atoms with Crippen molar-refractivity contribution in [3.63, 3.8) is 0 Å². The first kappa shape index (κ1) is 15.2. The summed E-state index contributed by atoms with van der Waals surface area (Å²) in [5, 5.41) is 15.7. The van der Waals surface area contributed by atoms with Crippen molar-refractivity contribution in [1.82, 2.24) is 5.32 Å². The van der Waals surface area contributed by atoms with Gasteiger partial charge in [0.05, 0.1) is 5.69 Å². The Morgan fingerprint density at radius 1 is 1.24 bits per heavy atom. The summed E-state index contributed by atoms with van der Waals surface area (Å²) >= 11 is 5.90. The number of carbonyl (C=O) groups excluding carboxylic acids is 1. The van der Waals surface area contributed by atoms with Gasteiger partial charge in [-0.3, -0.25) is 0 Å². The van der Waals surface area contributed by atoms with E-state index in [0.717, 1.165) is 11.1 Å². The van der Waals surface area contributed by atoms with E-state index >= 15 is 0 Å². The molecule has 21 heavy (non-hydrogen) atoms. The molecule has 0 saturated carbocycles. The van der Waals surface area contributed by atoms with Crippen LogP contribution in [0.1, 0.15) is 11.1 Å². The maximum Gasteiger partial charge on any atom is 0.319 e. The van der Waals surface area contributed by atoms with E-state index in [1.165, 1.54) is 0 Å². The largest absolute Gasteiger partial charge is 0.506 e. The smallest absolute Gasteiger partial charge is 0.319 e. The van der Waals surface area contributed by atoms with Gasteiger partial charge in [0.1, 0.15) is 5.75 Å². The Balaban J connectivity index is 1.82. The van der Waals surface area contributed by atoms with Crippen LogP contribution in [0.15, 0.2) is 42.5 Å². The molecule has 0 heterocycles. The fraction of sp³-hybridized carbons (Fsp3) is 0.188. The summed E-state index contributed by atoms with van der Waals surface area (Å²) in [5.41, 5.74) is 2.38. The predicted octanol–water partition coefficient (Wildman–Crippen LogP) is 3.72. The van der Waals surface area contributed by atoms with E-state index in [0.29, 0.717) is 23.7 Å². The van der Waals surface area contributed by atoms with E-state index in [1.54, 1.807) is 12.1 Å². The highest BCUT2D eigenvalue weighted by molar-refractivity contribution is 6.30. The van der Waals surface area contributed by atoms with Gasteiger partial charge in [0.25, 0.3) is 0 Å². The molecule has 2 aromatic carbocycles. The third-order valence-corrected chi connectivity index (χ3v) is 3.22. The molecule has 0 spiro atoms. The summed E-state index contributed by atoms with van der Waals surface area (Å²) < 4.78 is 0. The fourth-order valence-corrected chi connectivity index (χ4v) is 2.14. The molecule has 2 amide bonds. The highest BCUT2D eigenvalue weighted by Gasteiger charge is 2.05. The molecule has 0 atom stereocenters. The van der Waals surface area contributed by atoms with Crippen molar-refractivity contribution in [2.75, 3.05) is 11.9 Å². The van der Waals surface area contributed by atoms with Gasteiger partial charge in [-0.2, -0.15) is 0 Å². The second kappa shape index (κ2) is 6.99. The summed E-state index contributed by atoms with van der Waals surface area (Å²) in [5.74, 6) is 0.0555. The van der Waals surface area contributed by atoms with Gasteiger partial charge >= 0.3 is 6.03 Å². The van der Waals surface area contributed by atoms with Crippen LogP contribution in [0.25, 0.3) is 0 Å². The Morgan fingerprint density at radius 3 is 2.76 bits per heavy atom. The van der Waals surface area contributed by atoms with Gasteiger partial charge in [-0.05, 0) is 48.7 Å². The molecule has 5 heteroatoms. The molecule has 0 aromatic heterocycles. The Hall–Kier alpha value is -2.20. The average molecular weight is 305 g/mol. The summed E-state index contributed by atoms with van der Waals surface area (Å²) in [7, 11) is 0. The highest BCUT2D eigenvalue weighted by Crippen LogP contribution is 2.23. The zero-order valence-electron chi connectivity index (χ0n) is 11.7. The topological polar surface area (TPSA) is 61.4 Å². The van der Waals surface area contributed by atoms with Gasteiger partial charge in [-0.1, -0.05) is 29.8 Å². The number of urea groups is 1. The first-order valence-corrected chi connectivity index (χ1v) is 7.01. The van der Waals surface area contributed by atoms with Gasteiger partial charge in [-0.15, -0.1) is 0 Å². The van der Waals surface area contributed by atoms with Gasteiger partial charge in [0.2, 0.25) is 0 Å². The van der Waals surface area contributed by atoms with Crippen molar-refractivity contribution in [3.8, 4) is 5.75 Å². The maximum absolute atomic E-state index is 11.7. The first-order chi connectivity index (χ1) is 10.0. The molecular formula is C16H17ClN2O2. The van der Waals surface area contributed by atoms with Gasteiger partial charge in [0.15, 0.2) is 0 Å². The maximum atomic E-state index is 11.7. The van der Waals surface area contributed by atoms with Crippen LogP contribution >= 0.6 is 11.6 Å². The second-order valence-electron chi connectivity index (χ2n) is 4.78. The normalized spacial score (nSPS) is 10.2. The average Bonchev–Trinajstić information content (AvgIpc) is 2.42. The minimum Gasteiger partial charge on any atom is -0.506 e. The Labute approximate surface area is 128 Å². The molecule has 0 unspecified atom stereocenters. The number of rotatable bonds is 4. The van der Waals surface area contributed by atoms with Crippen molar-refractivity contribution in [3.05, 3.63) is 58.6 Å². The molecule has 0 aliphatic carbocycles. The third kappa shape index (κ3) is 4.68. The molecule has 3 N–H and O–H groups in total. The molecule has 0 bridgehead atoms. The number of carbonyl (C=O) groups is 1. The summed E-state index contributed by atoms with van der Waals surface area (Å²) in [6.07, 6.45) is 0.688. The van der Waals surface area contributed by atoms with Crippen molar-refractivity contribution in [2.24, 2.45) is 0 Å². The Kier molecular flexibility index (Phi) is 5.06. The molecule has 0 aliphatic rings. The lowest BCUT2D eigenvalue weighted by atomic mass is 10.1. The lowest BCUT2D eigenvalue weighted by Gasteiger charge is -2.09. The summed E-state index contributed by atoms with van der Waals surface area (Å²) in [6.45, 7) is 2.35. The van der Waals surface area contributed by atoms with Crippen molar-refractivity contribution >= 4 is 23.3 Å². The van der Waals surface area contributed by atoms with Crippen LogP contribution in [0.2, 0.25) is 5.02 Å². The number of phenols is 1. The molecule has 0 saturated heterocycles. The van der Waals surface area contributed by atoms with E-state index in [1.807, 2.05) is 37.3 Å². The van der Waals surface area contributed by atoms with Crippen LogP contribution in [0.4, 0.5) is 10.5 Å². The Bertz CT molecular complexity index is 644. The van der Waals surface area contributed by atoms with E-state index in [9.17, 15) is 9.90 Å². The van der Waals surface area contributed by atoms with Crippen LogP contribution in [-0.2, 0) is 6.42 Å². The second-order valence-corrected chi connectivity index (χ2v) is 5.22. The number of anilines is 1. The third-order valence-electron chi connectivity index (χ3n) is 2.99. The number of phenolic OH excluding ortho intramolecular Hbond substituents is 1. The van der Waals surface area contributed by atoms with Gasteiger partial charge in [0, 0.05) is 11.6 Å².